The van der Waals surface area contributed by atoms with E-state index in [1.54, 1.807) is 0 Å². The van der Waals surface area contributed by atoms with Crippen molar-refractivity contribution in [3.8, 4) is 0 Å². The van der Waals surface area contributed by atoms with Gasteiger partial charge in [0, 0.05) is 14.2 Å². The van der Waals surface area contributed by atoms with E-state index in [1.807, 2.05) is 0 Å². The number of hydrogen-bond donors (Lipinski definition) is 2. The fourth-order valence-corrected chi connectivity index (χ4v) is 1.65. The Morgan fingerprint density at radius 1 is 1.53 bits per heavy atom. The minimum absolute atomic E-state index is 0.0767. The van der Waals surface area contributed by atoms with Crippen molar-refractivity contribution in [3.63, 3.8) is 0 Å². The molecule has 0 aromatic rings. The number of hydrogen-bond acceptors (Lipinski definition) is 4. The molecule has 0 radical (unpaired) electrons. The average Bonchev–Trinajstić information content (AvgIpc) is 2.21. The van der Waals surface area contributed by atoms with Gasteiger partial charge in [0.15, 0.2) is 0 Å². The Labute approximate surface area is 91.6 Å². The number of aliphatic hydroxyl groups is 1. The van der Waals surface area contributed by atoms with Gasteiger partial charge < -0.3 is 19.7 Å². The molecule has 0 saturated heterocycles. The molecule has 0 amide bonds. The Bertz CT molecular complexity index is 335. The summed E-state index contributed by atoms with van der Waals surface area (Å²) in [5.74, 6) is -1.46. The van der Waals surface area contributed by atoms with Crippen LogP contribution in [0, 0.1) is 0 Å². The number of carbonyl (C=O) groups is 1. The summed E-state index contributed by atoms with van der Waals surface area (Å²) in [7, 11) is 2.55. The summed E-state index contributed by atoms with van der Waals surface area (Å²) in [5, 5.41) is 16.7. The molecule has 6 heteroatoms. The third-order valence-corrected chi connectivity index (χ3v) is 2.72. The van der Waals surface area contributed by atoms with E-state index < -0.39 is 17.1 Å². The van der Waals surface area contributed by atoms with Gasteiger partial charge in [-0.1, -0.05) is 11.6 Å². The zero-order valence-corrected chi connectivity index (χ0v) is 8.99. The number of carboxylic acid groups (broad SMARTS) is 1. The van der Waals surface area contributed by atoms with Crippen molar-refractivity contribution in [2.24, 2.45) is 0 Å². The summed E-state index contributed by atoms with van der Waals surface area (Å²) >= 11 is 5.95. The van der Waals surface area contributed by atoms with E-state index in [4.69, 9.17) is 26.2 Å². The van der Waals surface area contributed by atoms with E-state index in [2.05, 4.69) is 0 Å². The molecule has 0 aromatic heterocycles. The van der Waals surface area contributed by atoms with Gasteiger partial charge in [-0.25, -0.2) is 4.79 Å². The van der Waals surface area contributed by atoms with Crippen LogP contribution < -0.4 is 0 Å². The first-order chi connectivity index (χ1) is 6.97. The minimum atomic E-state index is -1.68. The van der Waals surface area contributed by atoms with Crippen molar-refractivity contribution >= 4 is 17.6 Å². The van der Waals surface area contributed by atoms with Crippen LogP contribution in [0.2, 0.25) is 0 Å². The van der Waals surface area contributed by atoms with Crippen molar-refractivity contribution in [1.29, 1.82) is 0 Å². The van der Waals surface area contributed by atoms with Crippen molar-refractivity contribution in [3.05, 3.63) is 23.5 Å². The Morgan fingerprint density at radius 3 is 2.53 bits per heavy atom. The van der Waals surface area contributed by atoms with Crippen LogP contribution in [0.25, 0.3) is 0 Å². The molecule has 0 spiro atoms. The Balaban J connectivity index is 3.19. The summed E-state index contributed by atoms with van der Waals surface area (Å²) in [4.78, 5) is 10.9. The van der Waals surface area contributed by atoms with Gasteiger partial charge in [-0.2, -0.15) is 0 Å². The number of halogens is 1. The molecule has 1 rings (SSSR count). The molecule has 1 aliphatic rings. The Kier molecular flexibility index (Phi) is 3.38. The van der Waals surface area contributed by atoms with Gasteiger partial charge in [-0.15, -0.1) is 0 Å². The lowest BCUT2D eigenvalue weighted by molar-refractivity contribution is -0.136. The molecule has 15 heavy (non-hydrogen) atoms. The first kappa shape index (κ1) is 12.0. The first-order valence-electron chi connectivity index (χ1n) is 4.08. The van der Waals surface area contributed by atoms with Crippen LogP contribution in [0.3, 0.4) is 0 Å². The molecule has 0 heterocycles. The fourth-order valence-electron chi connectivity index (χ4n) is 1.38. The van der Waals surface area contributed by atoms with Crippen molar-refractivity contribution in [1.82, 2.24) is 0 Å². The number of carboxylic acids is 1. The predicted molar refractivity (Wildman–Crippen MR) is 52.8 cm³/mol. The van der Waals surface area contributed by atoms with Crippen molar-refractivity contribution in [2.45, 2.75) is 11.2 Å². The average molecular weight is 235 g/mol. The zero-order chi connectivity index (χ0) is 11.6. The molecular weight excluding hydrogens is 224 g/mol. The summed E-state index contributed by atoms with van der Waals surface area (Å²) in [6.45, 7) is 0. The van der Waals surface area contributed by atoms with Crippen LogP contribution in [0.1, 0.15) is 0 Å². The normalized spacial score (nSPS) is 30.7. The highest BCUT2D eigenvalue weighted by Crippen LogP contribution is 2.37. The van der Waals surface area contributed by atoms with Gasteiger partial charge in [0.1, 0.15) is 11.9 Å². The largest absolute Gasteiger partial charge is 0.508 e. The van der Waals surface area contributed by atoms with Crippen LogP contribution in [-0.4, -0.2) is 41.6 Å². The zero-order valence-electron chi connectivity index (χ0n) is 8.23. The van der Waals surface area contributed by atoms with Crippen LogP contribution in [0.15, 0.2) is 23.5 Å². The lowest BCUT2D eigenvalue weighted by Crippen LogP contribution is -2.46. The number of ether oxygens (including phenoxy) is 2. The lowest BCUT2D eigenvalue weighted by Gasteiger charge is -2.34. The van der Waals surface area contributed by atoms with Gasteiger partial charge in [0.2, 0.25) is 5.06 Å². The third kappa shape index (κ3) is 1.86. The van der Waals surface area contributed by atoms with Crippen molar-refractivity contribution in [2.75, 3.05) is 14.2 Å². The van der Waals surface area contributed by atoms with Crippen LogP contribution in [0.5, 0.6) is 0 Å². The van der Waals surface area contributed by atoms with E-state index in [0.717, 1.165) is 0 Å². The molecule has 2 N–H and O–H groups in total. The number of aliphatic hydroxyl groups excluding tert-OH is 1. The maximum Gasteiger partial charge on any atom is 0.334 e. The van der Waals surface area contributed by atoms with Crippen LogP contribution in [-0.2, 0) is 14.3 Å². The second kappa shape index (κ2) is 4.22. The molecule has 0 aromatic carbocycles. The molecule has 2 atom stereocenters. The summed E-state index contributed by atoms with van der Waals surface area (Å²) in [5.41, 5.74) is -0.0767. The molecule has 2 unspecified atom stereocenters. The monoisotopic (exact) mass is 234 g/mol. The van der Waals surface area contributed by atoms with Gasteiger partial charge in [0.05, 0.1) is 5.57 Å². The van der Waals surface area contributed by atoms with Gasteiger partial charge >= 0.3 is 5.97 Å². The topological polar surface area (TPSA) is 76.0 Å². The quantitative estimate of drug-likeness (QED) is 0.714. The summed E-state index contributed by atoms with van der Waals surface area (Å²) in [6.07, 6.45) is 1.34. The minimum Gasteiger partial charge on any atom is -0.508 e. The third-order valence-electron chi connectivity index (χ3n) is 2.17. The van der Waals surface area contributed by atoms with Gasteiger partial charge in [-0.3, -0.25) is 0 Å². The SMILES string of the molecule is COC1C(C(=O)O)=CC=C(O)C1(Cl)OC. The number of aliphatic carboxylic acids is 1. The predicted octanol–water partition coefficient (Wildman–Crippen LogP) is 1.05. The van der Waals surface area contributed by atoms with E-state index in [1.165, 1.54) is 26.4 Å². The second-order valence-corrected chi connectivity index (χ2v) is 3.51. The van der Waals surface area contributed by atoms with Gasteiger partial charge in [-0.05, 0) is 12.2 Å². The molecule has 5 nitrogen and oxygen atoms in total. The highest BCUT2D eigenvalue weighted by Gasteiger charge is 2.47. The summed E-state index contributed by atoms with van der Waals surface area (Å²) < 4.78 is 9.83. The number of rotatable bonds is 3. The molecule has 0 bridgehead atoms. The molecular formula is C9H11ClO5. The van der Waals surface area contributed by atoms with E-state index in [-0.39, 0.29) is 11.3 Å². The van der Waals surface area contributed by atoms with Crippen LogP contribution in [0.4, 0.5) is 0 Å². The van der Waals surface area contributed by atoms with E-state index in [0.29, 0.717) is 0 Å². The lowest BCUT2D eigenvalue weighted by atomic mass is 9.96. The van der Waals surface area contributed by atoms with E-state index >= 15 is 0 Å². The molecule has 0 saturated carbocycles. The molecule has 0 fully saturated rings. The highest BCUT2D eigenvalue weighted by molar-refractivity contribution is 6.26. The maximum absolute atomic E-state index is 10.9. The number of methoxy groups -OCH3 is 2. The Hall–Kier alpha value is -1.04. The van der Waals surface area contributed by atoms with Crippen molar-refractivity contribution < 1.29 is 24.5 Å². The van der Waals surface area contributed by atoms with Crippen LogP contribution >= 0.6 is 11.6 Å². The fraction of sp³-hybridized carbons (Fsp3) is 0.444. The van der Waals surface area contributed by atoms with E-state index in [9.17, 15) is 9.90 Å². The highest BCUT2D eigenvalue weighted by atomic mass is 35.5. The maximum atomic E-state index is 10.9. The van der Waals surface area contributed by atoms with Gasteiger partial charge in [0.25, 0.3) is 0 Å². The Morgan fingerprint density at radius 2 is 2.13 bits per heavy atom. The number of allylic oxidation sites excluding steroid dienone is 2. The smallest absolute Gasteiger partial charge is 0.334 e. The number of alkyl halides is 1. The second-order valence-electron chi connectivity index (χ2n) is 2.94. The first-order valence-corrected chi connectivity index (χ1v) is 4.46. The molecule has 1 aliphatic carbocycles. The summed E-state index contributed by atoms with van der Waals surface area (Å²) in [6, 6.07) is 0. The molecule has 84 valence electrons. The standard InChI is InChI=1S/C9H11ClO5/c1-14-7-5(8(12)13)3-4-6(11)9(7,10)15-2/h3-4,7,11H,1-2H3,(H,12,13). The molecule has 0 aliphatic heterocycles.